The molecule has 122 valence electrons. The molecule has 0 aromatic rings. The number of hydrogen-bond acceptors (Lipinski definition) is 7. The summed E-state index contributed by atoms with van der Waals surface area (Å²) < 4.78 is 13.4. The molecule has 0 atom stereocenters. The highest BCUT2D eigenvalue weighted by Gasteiger charge is 2.21. The Morgan fingerprint density at radius 3 is 1.90 bits per heavy atom. The summed E-state index contributed by atoms with van der Waals surface area (Å²) >= 11 is 0. The molecule has 0 bridgehead atoms. The Morgan fingerprint density at radius 2 is 1.57 bits per heavy atom. The Morgan fingerprint density at radius 1 is 1.10 bits per heavy atom. The standard InChI is InChI=1S/C10H18O5Si.C3H7NO/c1-14-9(12)7-8(11)10(13)15-5-6-16(2,3)4;1-3(4)5-2/h5-7H2,1-4H3;1,4H2,2H3. The highest BCUT2D eigenvalue weighted by molar-refractivity contribution is 6.76. The van der Waals surface area contributed by atoms with Crippen LogP contribution in [-0.4, -0.2) is 46.6 Å². The molecule has 0 aromatic heterocycles. The van der Waals surface area contributed by atoms with Crippen molar-refractivity contribution in [3.8, 4) is 0 Å². The Hall–Kier alpha value is -1.83. The van der Waals surface area contributed by atoms with E-state index in [1.807, 2.05) is 0 Å². The Labute approximate surface area is 126 Å². The first-order valence-corrected chi connectivity index (χ1v) is 9.99. The highest BCUT2D eigenvalue weighted by Crippen LogP contribution is 2.07. The van der Waals surface area contributed by atoms with Crippen molar-refractivity contribution in [2.45, 2.75) is 32.1 Å². The summed E-state index contributed by atoms with van der Waals surface area (Å²) in [5.41, 5.74) is 4.88. The minimum atomic E-state index is -1.28. The second kappa shape index (κ2) is 10.9. The molecule has 0 fully saturated rings. The van der Waals surface area contributed by atoms with E-state index in [4.69, 9.17) is 10.5 Å². The Bertz CT molecular complexity index is 375. The fraction of sp³-hybridized carbons (Fsp3) is 0.615. The molecule has 8 heteroatoms. The summed E-state index contributed by atoms with van der Waals surface area (Å²) in [4.78, 5) is 32.9. The van der Waals surface area contributed by atoms with Crippen molar-refractivity contribution in [2.75, 3.05) is 20.8 Å². The normalized spacial score (nSPS) is 9.76. The number of rotatable bonds is 7. The van der Waals surface area contributed by atoms with Crippen LogP contribution in [0.15, 0.2) is 12.5 Å². The predicted octanol–water partition coefficient (Wildman–Crippen LogP) is 1.06. The van der Waals surface area contributed by atoms with Crippen LogP contribution in [0.25, 0.3) is 0 Å². The summed E-state index contributed by atoms with van der Waals surface area (Å²) in [6.45, 7) is 9.87. The lowest BCUT2D eigenvalue weighted by Crippen LogP contribution is -2.26. The maximum atomic E-state index is 11.1. The van der Waals surface area contributed by atoms with E-state index < -0.39 is 32.2 Å². The zero-order valence-corrected chi connectivity index (χ0v) is 14.4. The van der Waals surface area contributed by atoms with Crippen molar-refractivity contribution in [1.82, 2.24) is 0 Å². The fourth-order valence-corrected chi connectivity index (χ4v) is 1.52. The fourth-order valence-electron chi connectivity index (χ4n) is 0.806. The van der Waals surface area contributed by atoms with E-state index in [2.05, 4.69) is 35.7 Å². The van der Waals surface area contributed by atoms with Crippen molar-refractivity contribution in [2.24, 2.45) is 5.73 Å². The van der Waals surface area contributed by atoms with E-state index in [9.17, 15) is 14.4 Å². The smallest absolute Gasteiger partial charge is 0.375 e. The number of methoxy groups -OCH3 is 2. The zero-order valence-electron chi connectivity index (χ0n) is 13.4. The van der Waals surface area contributed by atoms with Gasteiger partial charge in [0.15, 0.2) is 5.88 Å². The first-order valence-electron chi connectivity index (χ1n) is 6.28. The predicted molar refractivity (Wildman–Crippen MR) is 81.1 cm³/mol. The van der Waals surface area contributed by atoms with Crippen molar-refractivity contribution in [1.29, 1.82) is 0 Å². The van der Waals surface area contributed by atoms with Crippen LogP contribution in [-0.2, 0) is 28.6 Å². The van der Waals surface area contributed by atoms with Crippen LogP contribution in [0.3, 0.4) is 0 Å². The van der Waals surface area contributed by atoms with Gasteiger partial charge in [-0.25, -0.2) is 4.79 Å². The number of nitrogens with two attached hydrogens (primary N) is 1. The second-order valence-corrected chi connectivity index (χ2v) is 10.9. The average Bonchev–Trinajstić information content (AvgIpc) is 2.37. The van der Waals surface area contributed by atoms with Crippen LogP contribution in [0.4, 0.5) is 0 Å². The summed E-state index contributed by atoms with van der Waals surface area (Å²) in [5.74, 6) is -2.29. The van der Waals surface area contributed by atoms with Gasteiger partial charge in [0, 0.05) is 8.07 Å². The van der Waals surface area contributed by atoms with Gasteiger partial charge >= 0.3 is 11.9 Å². The van der Waals surface area contributed by atoms with E-state index in [0.717, 1.165) is 13.2 Å². The molecule has 21 heavy (non-hydrogen) atoms. The van der Waals surface area contributed by atoms with Crippen molar-refractivity contribution in [3.05, 3.63) is 12.5 Å². The first kappa shape index (κ1) is 21.5. The van der Waals surface area contributed by atoms with Gasteiger partial charge in [-0.1, -0.05) is 19.6 Å². The molecule has 0 unspecified atom stereocenters. The average molecular weight is 319 g/mol. The van der Waals surface area contributed by atoms with Crippen LogP contribution in [0, 0.1) is 0 Å². The quantitative estimate of drug-likeness (QED) is 0.246. The highest BCUT2D eigenvalue weighted by atomic mass is 28.3. The van der Waals surface area contributed by atoms with Crippen LogP contribution in [0.1, 0.15) is 6.42 Å². The van der Waals surface area contributed by atoms with Gasteiger partial charge in [0.1, 0.15) is 6.42 Å². The molecular weight excluding hydrogens is 294 g/mol. The summed E-state index contributed by atoms with van der Waals surface area (Å²) in [6.07, 6.45) is -0.553. The van der Waals surface area contributed by atoms with E-state index >= 15 is 0 Å². The van der Waals surface area contributed by atoms with Gasteiger partial charge < -0.3 is 19.9 Å². The van der Waals surface area contributed by atoms with Crippen LogP contribution < -0.4 is 5.73 Å². The third-order valence-corrected chi connectivity index (χ3v) is 3.81. The lowest BCUT2D eigenvalue weighted by molar-refractivity contribution is -0.157. The Kier molecular flexibility index (Phi) is 11.1. The SMILES string of the molecule is C=C(N)OC.COC(=O)CC(=O)C(=O)OCC[Si](C)(C)C. The molecule has 0 saturated heterocycles. The van der Waals surface area contributed by atoms with Crippen LogP contribution in [0.2, 0.25) is 25.7 Å². The number of hydrogen-bond donors (Lipinski definition) is 1. The number of esters is 2. The van der Waals surface area contributed by atoms with E-state index in [0.29, 0.717) is 0 Å². The summed E-state index contributed by atoms with van der Waals surface area (Å²) in [7, 11) is 1.36. The number of carbonyl (C=O) groups excluding carboxylic acids is 3. The molecule has 0 aliphatic heterocycles. The topological polar surface area (TPSA) is 105 Å². The molecule has 0 heterocycles. The largest absolute Gasteiger partial charge is 0.483 e. The maximum Gasteiger partial charge on any atom is 0.375 e. The van der Waals surface area contributed by atoms with Gasteiger partial charge in [0.25, 0.3) is 5.78 Å². The van der Waals surface area contributed by atoms with Gasteiger partial charge in [-0.3, -0.25) is 9.59 Å². The molecule has 0 amide bonds. The molecule has 0 aromatic carbocycles. The third-order valence-electron chi connectivity index (χ3n) is 2.11. The molecule has 0 spiro atoms. The number of carbonyl (C=O) groups is 3. The van der Waals surface area contributed by atoms with Crippen LogP contribution in [0.5, 0.6) is 0 Å². The van der Waals surface area contributed by atoms with Gasteiger partial charge in [-0.2, -0.15) is 0 Å². The zero-order chi connectivity index (χ0) is 17.1. The molecule has 0 rings (SSSR count). The van der Waals surface area contributed by atoms with Gasteiger partial charge in [-0.05, 0) is 12.6 Å². The Balaban J connectivity index is 0. The third kappa shape index (κ3) is 16.1. The molecule has 0 saturated carbocycles. The second-order valence-electron chi connectivity index (χ2n) is 5.29. The minimum Gasteiger partial charge on any atom is -0.483 e. The van der Waals surface area contributed by atoms with Crippen molar-refractivity contribution in [3.63, 3.8) is 0 Å². The molecular formula is C13H25NO6Si. The first-order chi connectivity index (χ1) is 9.53. The van der Waals surface area contributed by atoms with Gasteiger partial charge in [-0.15, -0.1) is 0 Å². The van der Waals surface area contributed by atoms with E-state index in [1.165, 1.54) is 7.11 Å². The summed E-state index contributed by atoms with van der Waals surface area (Å²) in [6, 6.07) is 0.796. The lowest BCUT2D eigenvalue weighted by atomic mass is 10.3. The summed E-state index contributed by atoms with van der Waals surface area (Å²) in [5, 5.41) is 0. The number of Topliss-reactive ketones (excluding diaryl/α,β-unsaturated/α-hetero) is 1. The maximum absolute atomic E-state index is 11.1. The molecule has 0 aliphatic carbocycles. The molecule has 2 N–H and O–H groups in total. The van der Waals surface area contributed by atoms with Gasteiger partial charge in [0.2, 0.25) is 0 Å². The van der Waals surface area contributed by atoms with Crippen molar-refractivity contribution < 1.29 is 28.6 Å². The number of ketones is 1. The van der Waals surface area contributed by atoms with Gasteiger partial charge in [0.05, 0.1) is 20.8 Å². The van der Waals surface area contributed by atoms with E-state index in [-0.39, 0.29) is 12.5 Å². The molecule has 0 aliphatic rings. The number of ether oxygens (including phenoxy) is 3. The lowest BCUT2D eigenvalue weighted by Gasteiger charge is -2.14. The van der Waals surface area contributed by atoms with E-state index in [1.54, 1.807) is 0 Å². The molecule has 0 radical (unpaired) electrons. The minimum absolute atomic E-state index is 0.238. The monoisotopic (exact) mass is 319 g/mol. The molecule has 7 nitrogen and oxygen atoms in total. The van der Waals surface area contributed by atoms with Crippen LogP contribution >= 0.6 is 0 Å². The van der Waals surface area contributed by atoms with Crippen molar-refractivity contribution >= 4 is 25.8 Å².